The van der Waals surface area contributed by atoms with E-state index in [0.29, 0.717) is 36.6 Å². The quantitative estimate of drug-likeness (QED) is 0.635. The Morgan fingerprint density at radius 2 is 1.91 bits per heavy atom. The van der Waals surface area contributed by atoms with Crippen molar-refractivity contribution in [2.24, 2.45) is 0 Å². The van der Waals surface area contributed by atoms with Gasteiger partial charge in [0.15, 0.2) is 29.7 Å². The third-order valence-corrected chi connectivity index (χ3v) is 6.28. The highest BCUT2D eigenvalue weighted by atomic mass is 19.2. The highest BCUT2D eigenvalue weighted by Crippen LogP contribution is 2.39. The molecule has 8 heteroatoms. The molecule has 2 amide bonds. The molecule has 0 bridgehead atoms. The monoisotopic (exact) mass is 445 g/mol. The van der Waals surface area contributed by atoms with E-state index in [9.17, 15) is 18.4 Å². The van der Waals surface area contributed by atoms with Crippen LogP contribution < -0.4 is 19.3 Å². The van der Waals surface area contributed by atoms with Crippen molar-refractivity contribution in [1.82, 2.24) is 4.48 Å². The number of quaternary nitrogens is 1. The highest BCUT2D eigenvalue weighted by Gasteiger charge is 2.45. The van der Waals surface area contributed by atoms with E-state index in [1.54, 1.807) is 25.3 Å². The van der Waals surface area contributed by atoms with Crippen LogP contribution in [0.1, 0.15) is 38.5 Å². The standard InChI is InChI=1S/C24H26F2N2O4/c1-31-20-12-11-16(14-21(20)32-17-6-2-3-7-17)28(13-5-10-23(28)30)15-22(29)27-19-9-4-8-18(25)24(19)26/h4,8-9,11-12,14,17H,2-3,5-7,10,13,15H2,1H3/p+1. The van der Waals surface area contributed by atoms with Crippen LogP contribution in [0.15, 0.2) is 36.4 Å². The Labute approximate surface area is 185 Å². The normalized spacial score (nSPS) is 21.0. The fourth-order valence-corrected chi connectivity index (χ4v) is 4.62. The number of ether oxygens (including phenoxy) is 2. The van der Waals surface area contributed by atoms with Gasteiger partial charge in [0.25, 0.3) is 5.91 Å². The molecule has 4 rings (SSSR count). The van der Waals surface area contributed by atoms with Gasteiger partial charge in [-0.2, -0.15) is 0 Å². The largest absolute Gasteiger partial charge is 0.493 e. The van der Waals surface area contributed by atoms with Crippen molar-refractivity contribution in [1.29, 1.82) is 0 Å². The zero-order chi connectivity index (χ0) is 22.7. The van der Waals surface area contributed by atoms with E-state index in [-0.39, 0.29) is 28.7 Å². The summed E-state index contributed by atoms with van der Waals surface area (Å²) in [6.07, 6.45) is 5.23. The zero-order valence-electron chi connectivity index (χ0n) is 18.0. The molecule has 0 radical (unpaired) electrons. The van der Waals surface area contributed by atoms with E-state index >= 15 is 0 Å². The van der Waals surface area contributed by atoms with E-state index in [1.165, 1.54) is 12.1 Å². The van der Waals surface area contributed by atoms with Crippen molar-refractivity contribution in [3.05, 3.63) is 48.0 Å². The number of nitrogens with zero attached hydrogens (tertiary/aromatic N) is 1. The van der Waals surface area contributed by atoms with E-state index in [4.69, 9.17) is 9.47 Å². The number of amides is 2. The molecule has 1 saturated carbocycles. The molecule has 2 aliphatic rings. The number of rotatable bonds is 7. The first-order chi connectivity index (χ1) is 15.4. The summed E-state index contributed by atoms with van der Waals surface area (Å²) in [7, 11) is 1.56. The number of hydrogen-bond donors (Lipinski definition) is 1. The second kappa shape index (κ2) is 9.24. The number of benzene rings is 2. The second-order valence-electron chi connectivity index (χ2n) is 8.36. The Balaban J connectivity index is 1.62. The van der Waals surface area contributed by atoms with Gasteiger partial charge < -0.3 is 14.8 Å². The van der Waals surface area contributed by atoms with Crippen LogP contribution in [0.5, 0.6) is 11.5 Å². The average Bonchev–Trinajstić information content (AvgIpc) is 3.42. The van der Waals surface area contributed by atoms with Crippen LogP contribution in [-0.4, -0.2) is 38.1 Å². The average molecular weight is 445 g/mol. The molecule has 32 heavy (non-hydrogen) atoms. The minimum atomic E-state index is -1.13. The van der Waals surface area contributed by atoms with Crippen LogP contribution in [0.4, 0.5) is 20.2 Å². The fraction of sp³-hybridized carbons (Fsp3) is 0.417. The van der Waals surface area contributed by atoms with E-state index in [2.05, 4.69) is 5.32 Å². The molecular formula is C24H27F2N2O4+. The molecule has 2 fully saturated rings. The first-order valence-electron chi connectivity index (χ1n) is 10.9. The van der Waals surface area contributed by atoms with Gasteiger partial charge in [-0.05, 0) is 43.9 Å². The molecule has 0 aromatic heterocycles. The molecule has 1 heterocycles. The number of hydrogen-bond acceptors (Lipinski definition) is 4. The molecule has 1 atom stereocenters. The van der Waals surface area contributed by atoms with Gasteiger partial charge in [-0.1, -0.05) is 6.07 Å². The van der Waals surface area contributed by atoms with Gasteiger partial charge in [0.2, 0.25) is 0 Å². The predicted octanol–water partition coefficient (Wildman–Crippen LogP) is 4.56. The fourth-order valence-electron chi connectivity index (χ4n) is 4.62. The molecule has 170 valence electrons. The number of likely N-dealkylation sites (tertiary alicyclic amines) is 1. The molecule has 6 nitrogen and oxygen atoms in total. The maximum atomic E-state index is 14.0. The molecular weight excluding hydrogens is 418 g/mol. The van der Waals surface area contributed by atoms with Crippen LogP contribution in [0.3, 0.4) is 0 Å². The summed E-state index contributed by atoms with van der Waals surface area (Å²) in [6, 6.07) is 8.86. The third-order valence-electron chi connectivity index (χ3n) is 6.28. The topological polar surface area (TPSA) is 64.6 Å². The van der Waals surface area contributed by atoms with Crippen LogP contribution in [0.25, 0.3) is 0 Å². The van der Waals surface area contributed by atoms with Crippen LogP contribution in [-0.2, 0) is 9.59 Å². The maximum Gasteiger partial charge on any atom is 0.319 e. The molecule has 0 spiro atoms. The summed E-state index contributed by atoms with van der Waals surface area (Å²) in [5.74, 6) is -1.73. The van der Waals surface area contributed by atoms with Crippen molar-refractivity contribution in [3.8, 4) is 11.5 Å². The summed E-state index contributed by atoms with van der Waals surface area (Å²) in [5, 5.41) is 2.41. The first-order valence-corrected chi connectivity index (χ1v) is 10.9. The minimum Gasteiger partial charge on any atom is -0.493 e. The number of carbonyl (C=O) groups excluding carboxylic acids is 2. The number of methoxy groups -OCH3 is 1. The van der Waals surface area contributed by atoms with Gasteiger partial charge in [0.1, 0.15) is 5.69 Å². The SMILES string of the molecule is COc1ccc([N+]2(CC(=O)Nc3cccc(F)c3F)CCCC2=O)cc1OC1CCCC1. The van der Waals surface area contributed by atoms with Crippen molar-refractivity contribution in [2.75, 3.05) is 25.5 Å². The number of carbonyl (C=O) groups is 2. The molecule has 1 saturated heterocycles. The summed E-state index contributed by atoms with van der Waals surface area (Å²) >= 11 is 0. The van der Waals surface area contributed by atoms with Gasteiger partial charge in [0.05, 0.1) is 31.9 Å². The third kappa shape index (κ3) is 4.32. The minimum absolute atomic E-state index is 0.0983. The molecule has 1 aliphatic heterocycles. The van der Waals surface area contributed by atoms with Crippen LogP contribution in [0.2, 0.25) is 0 Å². The van der Waals surface area contributed by atoms with Gasteiger partial charge in [-0.15, -0.1) is 0 Å². The van der Waals surface area contributed by atoms with Gasteiger partial charge in [-0.25, -0.2) is 18.1 Å². The predicted molar refractivity (Wildman–Crippen MR) is 117 cm³/mol. The lowest BCUT2D eigenvalue weighted by Crippen LogP contribution is -2.54. The van der Waals surface area contributed by atoms with Crippen LogP contribution >= 0.6 is 0 Å². The van der Waals surface area contributed by atoms with Gasteiger partial charge >= 0.3 is 5.91 Å². The molecule has 1 N–H and O–H groups in total. The summed E-state index contributed by atoms with van der Waals surface area (Å²) in [4.78, 5) is 25.8. The van der Waals surface area contributed by atoms with Crippen molar-refractivity contribution < 1.29 is 27.8 Å². The number of anilines is 1. The van der Waals surface area contributed by atoms with Gasteiger partial charge in [-0.3, -0.25) is 4.79 Å². The highest BCUT2D eigenvalue weighted by molar-refractivity contribution is 6.00. The van der Waals surface area contributed by atoms with E-state index in [1.807, 2.05) is 0 Å². The first kappa shape index (κ1) is 22.2. The Hall–Kier alpha value is -3.00. The van der Waals surface area contributed by atoms with Crippen LogP contribution in [0, 0.1) is 11.6 Å². The van der Waals surface area contributed by atoms with Crippen molar-refractivity contribution in [2.45, 2.75) is 44.6 Å². The lowest BCUT2D eigenvalue weighted by atomic mass is 10.2. The summed E-state index contributed by atoms with van der Waals surface area (Å²) in [5.41, 5.74) is 0.371. The zero-order valence-corrected chi connectivity index (χ0v) is 18.0. The van der Waals surface area contributed by atoms with E-state index in [0.717, 1.165) is 31.7 Å². The molecule has 1 unspecified atom stereocenters. The molecule has 2 aromatic rings. The van der Waals surface area contributed by atoms with Crippen molar-refractivity contribution >= 4 is 23.2 Å². The number of halogens is 2. The Kier molecular flexibility index (Phi) is 6.41. The Morgan fingerprint density at radius 3 is 2.59 bits per heavy atom. The Bertz CT molecular complexity index is 1020. The summed E-state index contributed by atoms with van der Waals surface area (Å²) < 4.78 is 38.9. The molecule has 2 aromatic carbocycles. The van der Waals surface area contributed by atoms with Gasteiger partial charge in [0, 0.05) is 18.6 Å². The number of nitrogens with one attached hydrogen (secondary N) is 1. The maximum absolute atomic E-state index is 14.0. The van der Waals surface area contributed by atoms with E-state index < -0.39 is 17.5 Å². The molecule has 1 aliphatic carbocycles. The lowest BCUT2D eigenvalue weighted by Gasteiger charge is -2.31. The van der Waals surface area contributed by atoms with Crippen molar-refractivity contribution in [3.63, 3.8) is 0 Å². The smallest absolute Gasteiger partial charge is 0.319 e. The summed E-state index contributed by atoms with van der Waals surface area (Å²) in [6.45, 7) is 0.219. The lowest BCUT2D eigenvalue weighted by molar-refractivity contribution is -0.130. The second-order valence-corrected chi connectivity index (χ2v) is 8.36. The Morgan fingerprint density at radius 1 is 1.12 bits per heavy atom.